The molecule has 29 heavy (non-hydrogen) atoms. The summed E-state index contributed by atoms with van der Waals surface area (Å²) in [6.07, 6.45) is -0.618. The molecule has 0 saturated carbocycles. The number of nitrogens with zero attached hydrogens (tertiary/aromatic N) is 4. The Bertz CT molecular complexity index is 946. The summed E-state index contributed by atoms with van der Waals surface area (Å²) in [5, 5.41) is 4.16. The van der Waals surface area contributed by atoms with Crippen LogP contribution in [0, 0.1) is 5.82 Å². The predicted octanol–water partition coefficient (Wildman–Crippen LogP) is 3.35. The lowest BCUT2D eigenvalue weighted by Crippen LogP contribution is -2.57. The fourth-order valence-corrected chi connectivity index (χ4v) is 3.45. The van der Waals surface area contributed by atoms with Crippen molar-refractivity contribution in [3.05, 3.63) is 58.3 Å². The van der Waals surface area contributed by atoms with E-state index in [1.54, 1.807) is 30.3 Å². The van der Waals surface area contributed by atoms with E-state index in [4.69, 9.17) is 33.7 Å². The standard InChI is InChI=1S/C19H19Cl2FN6O/c20-15-6-3-13(11-16(15)21)24-18-25-17(23)26-19(27-7-9-29-10-8-27)28(18)14-4-1-12(22)2-5-14/h1-6,11,18,24H,7-10H2,(H2,23,25). The molecule has 10 heteroatoms. The molecule has 1 atom stereocenters. The summed E-state index contributed by atoms with van der Waals surface area (Å²) >= 11 is 12.2. The average molecular weight is 437 g/mol. The van der Waals surface area contributed by atoms with Gasteiger partial charge in [0.1, 0.15) is 5.82 Å². The highest BCUT2D eigenvalue weighted by Crippen LogP contribution is 2.28. The second-order valence-corrected chi connectivity index (χ2v) is 7.31. The molecule has 0 aromatic heterocycles. The lowest BCUT2D eigenvalue weighted by molar-refractivity contribution is 0.0671. The third-order valence-corrected chi connectivity index (χ3v) is 5.28. The van der Waals surface area contributed by atoms with Gasteiger partial charge in [-0.05, 0) is 42.5 Å². The molecular formula is C19H19Cl2FN6O. The van der Waals surface area contributed by atoms with Gasteiger partial charge in [0, 0.05) is 24.5 Å². The highest BCUT2D eigenvalue weighted by atomic mass is 35.5. The van der Waals surface area contributed by atoms with E-state index in [2.05, 4.69) is 20.2 Å². The zero-order valence-corrected chi connectivity index (χ0v) is 16.9. The molecule has 1 unspecified atom stereocenters. The Morgan fingerprint density at radius 1 is 1.07 bits per heavy atom. The van der Waals surface area contributed by atoms with Gasteiger partial charge in [-0.3, -0.25) is 4.90 Å². The summed E-state index contributed by atoms with van der Waals surface area (Å²) in [7, 11) is 0. The second kappa shape index (κ2) is 8.44. The molecule has 152 valence electrons. The number of nitrogens with two attached hydrogens (primary N) is 1. The van der Waals surface area contributed by atoms with Crippen LogP contribution >= 0.6 is 23.2 Å². The minimum Gasteiger partial charge on any atom is -0.378 e. The smallest absolute Gasteiger partial charge is 0.222 e. The molecule has 2 heterocycles. The Morgan fingerprint density at radius 3 is 2.48 bits per heavy atom. The Balaban J connectivity index is 1.71. The van der Waals surface area contributed by atoms with E-state index in [-0.39, 0.29) is 11.8 Å². The van der Waals surface area contributed by atoms with Gasteiger partial charge in [0.05, 0.1) is 23.3 Å². The molecule has 4 rings (SSSR count). The fraction of sp³-hybridized carbons (Fsp3) is 0.263. The van der Waals surface area contributed by atoms with Crippen LogP contribution in [0.15, 0.2) is 52.4 Å². The Hall–Kier alpha value is -2.55. The third-order valence-electron chi connectivity index (χ3n) is 4.54. The Morgan fingerprint density at radius 2 is 1.79 bits per heavy atom. The molecule has 0 amide bonds. The third kappa shape index (κ3) is 4.39. The van der Waals surface area contributed by atoms with Crippen molar-refractivity contribution in [1.29, 1.82) is 0 Å². The maximum absolute atomic E-state index is 13.5. The van der Waals surface area contributed by atoms with Gasteiger partial charge in [-0.15, -0.1) is 0 Å². The van der Waals surface area contributed by atoms with Gasteiger partial charge in [-0.1, -0.05) is 23.2 Å². The van der Waals surface area contributed by atoms with Crippen LogP contribution in [0.25, 0.3) is 0 Å². The molecule has 0 bridgehead atoms. The van der Waals surface area contributed by atoms with Crippen LogP contribution in [0.5, 0.6) is 0 Å². The van der Waals surface area contributed by atoms with Gasteiger partial charge < -0.3 is 20.7 Å². The number of halogens is 3. The number of rotatable bonds is 3. The number of hydrogen-bond donors (Lipinski definition) is 2. The highest BCUT2D eigenvalue weighted by molar-refractivity contribution is 6.42. The molecule has 3 N–H and O–H groups in total. The van der Waals surface area contributed by atoms with E-state index in [9.17, 15) is 4.39 Å². The number of ether oxygens (including phenoxy) is 1. The van der Waals surface area contributed by atoms with Crippen LogP contribution in [0.3, 0.4) is 0 Å². The number of anilines is 2. The summed E-state index contributed by atoms with van der Waals surface area (Å²) < 4.78 is 19.0. The largest absolute Gasteiger partial charge is 0.378 e. The summed E-state index contributed by atoms with van der Waals surface area (Å²) in [4.78, 5) is 12.9. The zero-order chi connectivity index (χ0) is 20.4. The van der Waals surface area contributed by atoms with Crippen molar-refractivity contribution in [3.8, 4) is 0 Å². The normalized spacial score (nSPS) is 19.6. The molecule has 0 spiro atoms. The predicted molar refractivity (Wildman–Crippen MR) is 114 cm³/mol. The first kappa shape index (κ1) is 19.8. The molecule has 7 nitrogen and oxygen atoms in total. The number of aliphatic imine (C=N–C) groups is 2. The molecule has 0 aliphatic carbocycles. The van der Waals surface area contributed by atoms with Crippen molar-refractivity contribution in [2.75, 3.05) is 36.5 Å². The number of morpholine rings is 1. The van der Waals surface area contributed by atoms with Crippen molar-refractivity contribution in [2.24, 2.45) is 15.7 Å². The van der Waals surface area contributed by atoms with Crippen LogP contribution in [-0.2, 0) is 4.74 Å². The van der Waals surface area contributed by atoms with E-state index >= 15 is 0 Å². The van der Waals surface area contributed by atoms with Gasteiger partial charge in [0.15, 0.2) is 0 Å². The Kier molecular flexibility index (Phi) is 5.75. The first-order valence-corrected chi connectivity index (χ1v) is 9.78. The van der Waals surface area contributed by atoms with E-state index in [0.29, 0.717) is 53.7 Å². The molecule has 2 aromatic rings. The zero-order valence-electron chi connectivity index (χ0n) is 15.4. The molecule has 2 aliphatic heterocycles. The molecular weight excluding hydrogens is 418 g/mol. The summed E-state index contributed by atoms with van der Waals surface area (Å²) in [5.41, 5.74) is 7.44. The van der Waals surface area contributed by atoms with Crippen LogP contribution in [-0.4, -0.2) is 49.4 Å². The summed E-state index contributed by atoms with van der Waals surface area (Å²) in [5.74, 6) is 0.431. The molecule has 1 saturated heterocycles. The SMILES string of the molecule is NC1=NC(Nc2ccc(Cl)c(Cl)c2)N(c2ccc(F)cc2)C(N2CCOCC2)=N1. The van der Waals surface area contributed by atoms with Crippen molar-refractivity contribution < 1.29 is 9.13 Å². The maximum atomic E-state index is 13.5. The van der Waals surface area contributed by atoms with Crippen LogP contribution in [0.2, 0.25) is 10.0 Å². The molecule has 1 fully saturated rings. The van der Waals surface area contributed by atoms with Crippen molar-refractivity contribution in [3.63, 3.8) is 0 Å². The first-order chi connectivity index (χ1) is 14.0. The second-order valence-electron chi connectivity index (χ2n) is 6.49. The van der Waals surface area contributed by atoms with Crippen molar-refractivity contribution in [2.45, 2.75) is 6.29 Å². The molecule has 2 aliphatic rings. The Labute approximate surface area is 177 Å². The lowest BCUT2D eigenvalue weighted by Gasteiger charge is -2.41. The number of hydrogen-bond acceptors (Lipinski definition) is 7. The summed E-state index contributed by atoms with van der Waals surface area (Å²) in [6.45, 7) is 2.48. The van der Waals surface area contributed by atoms with Crippen molar-refractivity contribution >= 4 is 46.5 Å². The first-order valence-electron chi connectivity index (χ1n) is 9.02. The fourth-order valence-electron chi connectivity index (χ4n) is 3.15. The summed E-state index contributed by atoms with van der Waals surface area (Å²) in [6, 6.07) is 11.3. The quantitative estimate of drug-likeness (QED) is 0.770. The number of benzene rings is 2. The van der Waals surface area contributed by atoms with Gasteiger partial charge >= 0.3 is 0 Å². The lowest BCUT2D eigenvalue weighted by atomic mass is 10.2. The van der Waals surface area contributed by atoms with Gasteiger partial charge in [0.2, 0.25) is 18.2 Å². The molecule has 0 radical (unpaired) electrons. The van der Waals surface area contributed by atoms with E-state index in [0.717, 1.165) is 0 Å². The minimum absolute atomic E-state index is 0.141. The van der Waals surface area contributed by atoms with Crippen LogP contribution < -0.4 is 16.0 Å². The van der Waals surface area contributed by atoms with Gasteiger partial charge in [-0.25, -0.2) is 9.38 Å². The van der Waals surface area contributed by atoms with Crippen molar-refractivity contribution in [1.82, 2.24) is 4.90 Å². The topological polar surface area (TPSA) is 78.5 Å². The number of nitrogens with one attached hydrogen (secondary N) is 1. The van der Waals surface area contributed by atoms with Gasteiger partial charge in [-0.2, -0.15) is 4.99 Å². The van der Waals surface area contributed by atoms with E-state index in [1.165, 1.54) is 12.1 Å². The number of guanidine groups is 2. The molecule has 2 aromatic carbocycles. The van der Waals surface area contributed by atoms with E-state index < -0.39 is 6.29 Å². The minimum atomic E-state index is -0.618. The van der Waals surface area contributed by atoms with Crippen LogP contribution in [0.1, 0.15) is 0 Å². The van der Waals surface area contributed by atoms with Gasteiger partial charge in [0.25, 0.3) is 0 Å². The average Bonchev–Trinajstić information content (AvgIpc) is 2.72. The maximum Gasteiger partial charge on any atom is 0.222 e. The van der Waals surface area contributed by atoms with Crippen LogP contribution in [0.4, 0.5) is 15.8 Å². The highest BCUT2D eigenvalue weighted by Gasteiger charge is 2.32. The monoisotopic (exact) mass is 436 g/mol. The van der Waals surface area contributed by atoms with E-state index in [1.807, 2.05) is 4.90 Å².